The van der Waals surface area contributed by atoms with E-state index in [1.165, 1.54) is 5.56 Å². The molecule has 0 saturated carbocycles. The minimum atomic E-state index is 0.299. The normalized spacial score (nSPS) is 12.4. The first-order valence-electron chi connectivity index (χ1n) is 7.26. The second-order valence-electron chi connectivity index (χ2n) is 5.02. The zero-order valence-corrected chi connectivity index (χ0v) is 12.2. The topological polar surface area (TPSA) is 41.5 Å². The Morgan fingerprint density at radius 3 is 2.42 bits per heavy atom. The standard InChI is InChI=1S/C16H27NO2/c1-14(17-2)13-15-7-9-16(10-8-15)19-12-6-4-3-5-11-18/h7-10,14,17-18H,3-6,11-13H2,1-2H3. The highest BCUT2D eigenvalue weighted by Crippen LogP contribution is 2.14. The molecule has 1 aromatic rings. The lowest BCUT2D eigenvalue weighted by molar-refractivity contribution is 0.273. The summed E-state index contributed by atoms with van der Waals surface area (Å²) in [5, 5.41) is 11.9. The highest BCUT2D eigenvalue weighted by Gasteiger charge is 2.01. The van der Waals surface area contributed by atoms with Crippen LogP contribution < -0.4 is 10.1 Å². The van der Waals surface area contributed by atoms with Gasteiger partial charge in [0.15, 0.2) is 0 Å². The summed E-state index contributed by atoms with van der Waals surface area (Å²) >= 11 is 0. The van der Waals surface area contributed by atoms with Gasteiger partial charge in [-0.3, -0.25) is 0 Å². The van der Waals surface area contributed by atoms with E-state index in [4.69, 9.17) is 9.84 Å². The Labute approximate surface area is 117 Å². The van der Waals surface area contributed by atoms with Gasteiger partial charge in [0.2, 0.25) is 0 Å². The van der Waals surface area contributed by atoms with E-state index in [0.29, 0.717) is 12.6 Å². The molecule has 0 spiro atoms. The van der Waals surface area contributed by atoms with E-state index in [9.17, 15) is 0 Å². The molecule has 0 fully saturated rings. The van der Waals surface area contributed by atoms with E-state index in [2.05, 4.69) is 24.4 Å². The summed E-state index contributed by atoms with van der Waals surface area (Å²) in [5.41, 5.74) is 1.33. The number of aliphatic hydroxyl groups is 1. The van der Waals surface area contributed by atoms with Crippen molar-refractivity contribution in [3.63, 3.8) is 0 Å². The van der Waals surface area contributed by atoms with Crippen molar-refractivity contribution in [1.82, 2.24) is 5.32 Å². The molecule has 3 heteroatoms. The third-order valence-corrected chi connectivity index (χ3v) is 3.28. The molecule has 19 heavy (non-hydrogen) atoms. The van der Waals surface area contributed by atoms with Crippen molar-refractivity contribution in [2.45, 2.75) is 45.1 Å². The van der Waals surface area contributed by atoms with Crippen LogP contribution in [-0.2, 0) is 6.42 Å². The lowest BCUT2D eigenvalue weighted by Gasteiger charge is -2.11. The van der Waals surface area contributed by atoms with E-state index in [1.807, 2.05) is 19.2 Å². The first-order valence-corrected chi connectivity index (χ1v) is 7.26. The molecule has 1 rings (SSSR count). The molecule has 1 aromatic carbocycles. The number of ether oxygens (including phenoxy) is 1. The molecule has 1 unspecified atom stereocenters. The summed E-state index contributed by atoms with van der Waals surface area (Å²) < 4.78 is 5.69. The van der Waals surface area contributed by atoms with Crippen LogP contribution in [0.4, 0.5) is 0 Å². The number of unbranched alkanes of at least 4 members (excludes halogenated alkanes) is 3. The number of rotatable bonds is 10. The van der Waals surface area contributed by atoms with Crippen LogP contribution in [0.5, 0.6) is 5.75 Å². The van der Waals surface area contributed by atoms with Crippen LogP contribution in [0, 0.1) is 0 Å². The van der Waals surface area contributed by atoms with Gasteiger partial charge in [-0.05, 0) is 57.4 Å². The monoisotopic (exact) mass is 265 g/mol. The molecule has 0 aliphatic carbocycles. The van der Waals surface area contributed by atoms with Gasteiger partial charge < -0.3 is 15.2 Å². The highest BCUT2D eigenvalue weighted by atomic mass is 16.5. The van der Waals surface area contributed by atoms with Crippen LogP contribution in [0.2, 0.25) is 0 Å². The average molecular weight is 265 g/mol. The summed E-state index contributed by atoms with van der Waals surface area (Å²) in [4.78, 5) is 0. The van der Waals surface area contributed by atoms with Crippen LogP contribution in [0.15, 0.2) is 24.3 Å². The minimum absolute atomic E-state index is 0.299. The van der Waals surface area contributed by atoms with Crippen LogP contribution in [0.1, 0.15) is 38.2 Å². The van der Waals surface area contributed by atoms with Gasteiger partial charge in [-0.1, -0.05) is 18.6 Å². The maximum Gasteiger partial charge on any atom is 0.119 e. The predicted molar refractivity (Wildman–Crippen MR) is 79.7 cm³/mol. The number of hydrogen-bond acceptors (Lipinski definition) is 3. The summed E-state index contributed by atoms with van der Waals surface area (Å²) in [6, 6.07) is 8.86. The van der Waals surface area contributed by atoms with E-state index in [1.54, 1.807) is 0 Å². The fraction of sp³-hybridized carbons (Fsp3) is 0.625. The van der Waals surface area contributed by atoms with Gasteiger partial charge in [-0.25, -0.2) is 0 Å². The van der Waals surface area contributed by atoms with Crippen LogP contribution in [0.25, 0.3) is 0 Å². The molecule has 0 aliphatic heterocycles. The van der Waals surface area contributed by atoms with Gasteiger partial charge in [0.25, 0.3) is 0 Å². The average Bonchev–Trinajstić information content (AvgIpc) is 2.44. The molecule has 0 radical (unpaired) electrons. The Hall–Kier alpha value is -1.06. The number of nitrogens with one attached hydrogen (secondary N) is 1. The number of likely N-dealkylation sites (N-methyl/N-ethyl adjacent to an activating group) is 1. The molecule has 0 heterocycles. The van der Waals surface area contributed by atoms with Gasteiger partial charge >= 0.3 is 0 Å². The number of aliphatic hydroxyl groups excluding tert-OH is 1. The third-order valence-electron chi connectivity index (χ3n) is 3.28. The van der Waals surface area contributed by atoms with Gasteiger partial charge in [0.1, 0.15) is 5.75 Å². The molecule has 0 aromatic heterocycles. The molecule has 0 bridgehead atoms. The van der Waals surface area contributed by atoms with E-state index in [-0.39, 0.29) is 0 Å². The van der Waals surface area contributed by atoms with Gasteiger partial charge in [0.05, 0.1) is 6.61 Å². The highest BCUT2D eigenvalue weighted by molar-refractivity contribution is 5.27. The Bertz CT molecular complexity index is 324. The first-order chi connectivity index (χ1) is 9.26. The van der Waals surface area contributed by atoms with E-state index < -0.39 is 0 Å². The summed E-state index contributed by atoms with van der Waals surface area (Å²) in [6.07, 6.45) is 5.20. The molecule has 2 N–H and O–H groups in total. The largest absolute Gasteiger partial charge is 0.494 e. The number of benzene rings is 1. The fourth-order valence-corrected chi connectivity index (χ4v) is 1.93. The van der Waals surface area contributed by atoms with Crippen LogP contribution in [0.3, 0.4) is 0 Å². The summed E-state index contributed by atoms with van der Waals surface area (Å²) in [5.74, 6) is 0.947. The third kappa shape index (κ3) is 7.19. The molecule has 0 aliphatic rings. The smallest absolute Gasteiger partial charge is 0.119 e. The van der Waals surface area contributed by atoms with Crippen molar-refractivity contribution in [2.75, 3.05) is 20.3 Å². The van der Waals surface area contributed by atoms with Gasteiger partial charge in [-0.15, -0.1) is 0 Å². The Kier molecular flexibility index (Phi) is 8.26. The van der Waals surface area contributed by atoms with Crippen molar-refractivity contribution >= 4 is 0 Å². The van der Waals surface area contributed by atoms with Crippen LogP contribution in [-0.4, -0.2) is 31.4 Å². The van der Waals surface area contributed by atoms with Crippen molar-refractivity contribution in [1.29, 1.82) is 0 Å². The maximum absolute atomic E-state index is 8.67. The molecule has 1 atom stereocenters. The zero-order chi connectivity index (χ0) is 13.9. The van der Waals surface area contributed by atoms with Gasteiger partial charge in [0, 0.05) is 12.6 Å². The fourth-order valence-electron chi connectivity index (χ4n) is 1.93. The SMILES string of the molecule is CNC(C)Cc1ccc(OCCCCCCO)cc1. The summed E-state index contributed by atoms with van der Waals surface area (Å²) in [6.45, 7) is 3.24. The summed E-state index contributed by atoms with van der Waals surface area (Å²) in [7, 11) is 1.99. The lowest BCUT2D eigenvalue weighted by Crippen LogP contribution is -2.23. The second kappa shape index (κ2) is 9.82. The number of hydrogen-bond donors (Lipinski definition) is 2. The Morgan fingerprint density at radius 1 is 1.11 bits per heavy atom. The molecule has 108 valence electrons. The first kappa shape index (κ1) is 16.0. The molecular weight excluding hydrogens is 238 g/mol. The zero-order valence-electron chi connectivity index (χ0n) is 12.2. The van der Waals surface area contributed by atoms with Crippen molar-refractivity contribution < 1.29 is 9.84 Å². The second-order valence-corrected chi connectivity index (χ2v) is 5.02. The maximum atomic E-state index is 8.67. The molecule has 3 nitrogen and oxygen atoms in total. The molecule has 0 saturated heterocycles. The lowest BCUT2D eigenvalue weighted by atomic mass is 10.1. The van der Waals surface area contributed by atoms with E-state index in [0.717, 1.165) is 44.5 Å². The Balaban J connectivity index is 2.21. The predicted octanol–water partition coefficient (Wildman–Crippen LogP) is 2.77. The van der Waals surface area contributed by atoms with Crippen molar-refractivity contribution in [3.05, 3.63) is 29.8 Å². The minimum Gasteiger partial charge on any atom is -0.494 e. The van der Waals surface area contributed by atoms with Crippen molar-refractivity contribution in [2.24, 2.45) is 0 Å². The van der Waals surface area contributed by atoms with E-state index >= 15 is 0 Å². The van der Waals surface area contributed by atoms with Crippen molar-refractivity contribution in [3.8, 4) is 5.75 Å². The Morgan fingerprint density at radius 2 is 1.79 bits per heavy atom. The molecule has 0 amide bonds. The van der Waals surface area contributed by atoms with Crippen LogP contribution >= 0.6 is 0 Å². The molecular formula is C16H27NO2. The quantitative estimate of drug-likeness (QED) is 0.639. The van der Waals surface area contributed by atoms with Gasteiger partial charge in [-0.2, -0.15) is 0 Å².